The second-order valence-electron chi connectivity index (χ2n) is 14.9. The molecule has 232 valence electrons. The summed E-state index contributed by atoms with van der Waals surface area (Å²) < 4.78 is 0. The summed E-state index contributed by atoms with van der Waals surface area (Å²) in [6.45, 7) is 26.7. The molecule has 2 nitrogen and oxygen atoms in total. The standard InChI is InChI=1S/C38H63O2P/c1-13-16-18-20-28(5)36(9,10)31-25-29(35(6,7)8)26-32(34(31)39)38(15-3,23-19-17-14-2)41-33-22-21-27(4)24-30(33)37(11,12)40/h21-22,24-26,28,39-41H,13-20,23H2,1-12H3. The van der Waals surface area contributed by atoms with Gasteiger partial charge in [0, 0.05) is 16.3 Å². The van der Waals surface area contributed by atoms with Gasteiger partial charge in [-0.1, -0.05) is 145 Å². The molecule has 0 saturated heterocycles. The maximum absolute atomic E-state index is 12.4. The number of hydrogen-bond donors (Lipinski definition) is 2. The molecule has 0 spiro atoms. The minimum Gasteiger partial charge on any atom is -0.507 e. The molecule has 3 heteroatoms. The van der Waals surface area contributed by atoms with Gasteiger partial charge in [0.1, 0.15) is 5.75 Å². The zero-order valence-corrected chi connectivity index (χ0v) is 29.7. The first-order valence-corrected chi connectivity index (χ1v) is 17.4. The van der Waals surface area contributed by atoms with Crippen LogP contribution in [0.2, 0.25) is 0 Å². The van der Waals surface area contributed by atoms with Crippen molar-refractivity contribution >= 4 is 13.9 Å². The van der Waals surface area contributed by atoms with Gasteiger partial charge in [-0.15, -0.1) is 0 Å². The van der Waals surface area contributed by atoms with E-state index in [0.29, 0.717) is 20.2 Å². The van der Waals surface area contributed by atoms with Crippen LogP contribution >= 0.6 is 8.58 Å². The van der Waals surface area contributed by atoms with Crippen LogP contribution < -0.4 is 5.30 Å². The minimum absolute atomic E-state index is 0.0349. The fraction of sp³-hybridized carbons (Fsp3) is 0.684. The van der Waals surface area contributed by atoms with Crippen molar-refractivity contribution in [2.24, 2.45) is 5.92 Å². The molecule has 0 radical (unpaired) electrons. The van der Waals surface area contributed by atoms with Crippen molar-refractivity contribution in [1.82, 2.24) is 0 Å². The molecule has 0 aliphatic rings. The molecule has 2 N–H and O–H groups in total. The molecular formula is C38H63O2P. The number of benzene rings is 2. The monoisotopic (exact) mass is 582 g/mol. The van der Waals surface area contributed by atoms with Crippen LogP contribution in [0.15, 0.2) is 30.3 Å². The van der Waals surface area contributed by atoms with Crippen LogP contribution in [0, 0.1) is 12.8 Å². The third-order valence-electron chi connectivity index (χ3n) is 9.68. The van der Waals surface area contributed by atoms with Crippen LogP contribution in [0.3, 0.4) is 0 Å². The molecule has 0 saturated carbocycles. The maximum Gasteiger partial charge on any atom is 0.123 e. The Morgan fingerprint density at radius 3 is 1.90 bits per heavy atom. The van der Waals surface area contributed by atoms with Crippen LogP contribution in [0.5, 0.6) is 5.75 Å². The SMILES string of the molecule is CCCCCC(C)C(C)(C)c1cc(C(C)(C)C)cc(C(CC)(CCCCC)Pc2ccc(C)cc2C(C)(C)O)c1O. The Morgan fingerprint density at radius 2 is 1.37 bits per heavy atom. The molecule has 3 unspecified atom stereocenters. The number of hydrogen-bond acceptors (Lipinski definition) is 2. The van der Waals surface area contributed by atoms with Gasteiger partial charge in [-0.05, 0) is 73.2 Å². The highest BCUT2D eigenvalue weighted by atomic mass is 31.1. The fourth-order valence-corrected chi connectivity index (χ4v) is 8.18. The van der Waals surface area contributed by atoms with Crippen LogP contribution in [0.4, 0.5) is 0 Å². The third-order valence-corrected chi connectivity index (χ3v) is 11.7. The summed E-state index contributed by atoms with van der Waals surface area (Å²) in [6, 6.07) is 11.2. The molecule has 41 heavy (non-hydrogen) atoms. The molecule has 0 fully saturated rings. The summed E-state index contributed by atoms with van der Waals surface area (Å²) in [5.74, 6) is 0.966. The smallest absolute Gasteiger partial charge is 0.123 e. The van der Waals surface area contributed by atoms with Gasteiger partial charge in [0.25, 0.3) is 0 Å². The minimum atomic E-state index is -0.923. The molecule has 2 aromatic rings. The topological polar surface area (TPSA) is 40.5 Å². The number of rotatable bonds is 15. The molecule has 0 amide bonds. The number of unbranched alkanes of at least 4 members (excludes halogenated alkanes) is 4. The highest BCUT2D eigenvalue weighted by Gasteiger charge is 2.39. The van der Waals surface area contributed by atoms with E-state index in [1.807, 2.05) is 13.8 Å². The lowest BCUT2D eigenvalue weighted by atomic mass is 9.69. The molecular weight excluding hydrogens is 519 g/mol. The Kier molecular flexibility index (Phi) is 12.6. The Bertz CT molecular complexity index is 1120. The summed E-state index contributed by atoms with van der Waals surface area (Å²) in [6.07, 6.45) is 10.4. The fourth-order valence-electron chi connectivity index (χ4n) is 6.18. The molecule has 0 aromatic heterocycles. The maximum atomic E-state index is 12.4. The number of aliphatic hydroxyl groups is 1. The van der Waals surface area contributed by atoms with Crippen molar-refractivity contribution in [3.05, 3.63) is 58.1 Å². The van der Waals surface area contributed by atoms with Gasteiger partial charge in [0.05, 0.1) is 5.60 Å². The van der Waals surface area contributed by atoms with Gasteiger partial charge in [0.15, 0.2) is 0 Å². The predicted octanol–water partition coefficient (Wildman–Crippen LogP) is 10.9. The largest absolute Gasteiger partial charge is 0.507 e. The van der Waals surface area contributed by atoms with E-state index in [4.69, 9.17) is 0 Å². The number of phenolic OH excluding ortho intramolecular Hbond substituents is 1. The van der Waals surface area contributed by atoms with E-state index in [-0.39, 0.29) is 16.0 Å². The lowest BCUT2D eigenvalue weighted by Crippen LogP contribution is -2.31. The second kappa shape index (κ2) is 14.4. The normalized spacial score (nSPS) is 15.4. The van der Waals surface area contributed by atoms with E-state index in [1.165, 1.54) is 55.0 Å². The van der Waals surface area contributed by atoms with Gasteiger partial charge < -0.3 is 10.2 Å². The third kappa shape index (κ3) is 8.83. The van der Waals surface area contributed by atoms with Crippen LogP contribution in [-0.4, -0.2) is 10.2 Å². The van der Waals surface area contributed by atoms with Gasteiger partial charge in [-0.3, -0.25) is 0 Å². The van der Waals surface area contributed by atoms with E-state index in [0.717, 1.165) is 36.0 Å². The first kappa shape index (κ1) is 35.8. The predicted molar refractivity (Wildman–Crippen MR) is 184 cm³/mol. The van der Waals surface area contributed by atoms with Crippen LogP contribution in [-0.2, 0) is 21.6 Å². The van der Waals surface area contributed by atoms with Gasteiger partial charge >= 0.3 is 0 Å². The van der Waals surface area contributed by atoms with Crippen molar-refractivity contribution in [3.63, 3.8) is 0 Å². The summed E-state index contributed by atoms with van der Waals surface area (Å²) >= 11 is 0. The lowest BCUT2D eigenvalue weighted by molar-refractivity contribution is 0.0796. The van der Waals surface area contributed by atoms with E-state index in [9.17, 15) is 10.2 Å². The molecule has 0 aliphatic heterocycles. The highest BCUT2D eigenvalue weighted by molar-refractivity contribution is 7.48. The molecule has 2 rings (SSSR count). The quantitative estimate of drug-likeness (QED) is 0.162. The molecule has 0 bridgehead atoms. The first-order valence-electron chi connectivity index (χ1n) is 16.4. The van der Waals surface area contributed by atoms with E-state index < -0.39 is 5.60 Å². The zero-order chi connectivity index (χ0) is 31.2. The average molecular weight is 583 g/mol. The summed E-state index contributed by atoms with van der Waals surface area (Å²) in [5.41, 5.74) is 4.60. The van der Waals surface area contributed by atoms with Crippen molar-refractivity contribution < 1.29 is 10.2 Å². The molecule has 3 atom stereocenters. The summed E-state index contributed by atoms with van der Waals surface area (Å²) in [5, 5.41) is 24.6. The number of aromatic hydroxyl groups is 1. The van der Waals surface area contributed by atoms with Crippen molar-refractivity contribution in [1.29, 1.82) is 0 Å². The number of phenols is 1. The van der Waals surface area contributed by atoms with E-state index in [1.54, 1.807) is 0 Å². The highest BCUT2D eigenvalue weighted by Crippen LogP contribution is 2.55. The van der Waals surface area contributed by atoms with Gasteiger partial charge in [0.2, 0.25) is 0 Å². The van der Waals surface area contributed by atoms with Crippen molar-refractivity contribution in [2.75, 3.05) is 0 Å². The molecule has 2 aromatic carbocycles. The number of aryl methyl sites for hydroxylation is 1. The van der Waals surface area contributed by atoms with E-state index >= 15 is 0 Å². The second-order valence-corrected chi connectivity index (χ2v) is 16.7. The van der Waals surface area contributed by atoms with E-state index in [2.05, 4.69) is 99.6 Å². The summed E-state index contributed by atoms with van der Waals surface area (Å²) in [7, 11) is 0.454. The van der Waals surface area contributed by atoms with Crippen LogP contribution in [0.25, 0.3) is 0 Å². The van der Waals surface area contributed by atoms with Crippen LogP contribution in [0.1, 0.15) is 162 Å². The Labute approximate surface area is 255 Å². The zero-order valence-electron chi connectivity index (χ0n) is 28.7. The van der Waals surface area contributed by atoms with Crippen molar-refractivity contribution in [2.45, 2.75) is 162 Å². The summed E-state index contributed by atoms with van der Waals surface area (Å²) in [4.78, 5) is 0. The molecule has 0 aliphatic carbocycles. The van der Waals surface area contributed by atoms with Gasteiger partial charge in [-0.2, -0.15) is 0 Å². The molecule has 0 heterocycles. The first-order chi connectivity index (χ1) is 18.9. The van der Waals surface area contributed by atoms with Gasteiger partial charge in [-0.25, -0.2) is 0 Å². The Morgan fingerprint density at radius 1 is 0.780 bits per heavy atom. The lowest BCUT2D eigenvalue weighted by Gasteiger charge is -2.40. The van der Waals surface area contributed by atoms with Crippen molar-refractivity contribution in [3.8, 4) is 5.75 Å². The average Bonchev–Trinajstić information content (AvgIpc) is 2.88. The Hall–Kier alpha value is -1.37. The Balaban J connectivity index is 2.87.